The fraction of sp³-hybridized carbons (Fsp3) is 0.200. The third kappa shape index (κ3) is 4.17. The van der Waals surface area contributed by atoms with Crippen molar-refractivity contribution in [2.45, 2.75) is 12.8 Å². The predicted octanol–water partition coefficient (Wildman–Crippen LogP) is 3.33. The Kier molecular flexibility index (Phi) is 4.68. The molecular formula is C15H14BrNO2. The van der Waals surface area contributed by atoms with Gasteiger partial charge in [-0.2, -0.15) is 0 Å². The fourth-order valence-electron chi connectivity index (χ4n) is 1.92. The third-order valence-electron chi connectivity index (χ3n) is 2.93. The summed E-state index contributed by atoms with van der Waals surface area (Å²) in [5.74, 6) is -1.23. The number of hydrogen-bond acceptors (Lipinski definition) is 2. The van der Waals surface area contributed by atoms with Crippen molar-refractivity contribution < 1.29 is 9.90 Å². The summed E-state index contributed by atoms with van der Waals surface area (Å²) in [5, 5.41) is 9.31. The molecule has 1 aromatic heterocycles. The second-order valence-electron chi connectivity index (χ2n) is 4.39. The van der Waals surface area contributed by atoms with Crippen LogP contribution in [0, 0.1) is 5.92 Å². The molecule has 1 heterocycles. The number of carbonyl (C=O) groups is 1. The molecule has 98 valence electrons. The zero-order valence-corrected chi connectivity index (χ0v) is 11.9. The summed E-state index contributed by atoms with van der Waals surface area (Å²) in [7, 11) is 0. The van der Waals surface area contributed by atoms with Crippen LogP contribution in [-0.2, 0) is 17.6 Å². The highest BCUT2D eigenvalue weighted by Gasteiger charge is 2.19. The molecular weight excluding hydrogens is 306 g/mol. The van der Waals surface area contributed by atoms with E-state index in [0.717, 1.165) is 15.7 Å². The summed E-state index contributed by atoms with van der Waals surface area (Å²) in [6.07, 6.45) is 2.65. The van der Waals surface area contributed by atoms with Crippen molar-refractivity contribution in [1.29, 1.82) is 0 Å². The van der Waals surface area contributed by atoms with E-state index < -0.39 is 11.9 Å². The first kappa shape index (κ1) is 13.7. The van der Waals surface area contributed by atoms with E-state index in [-0.39, 0.29) is 0 Å². The minimum absolute atomic E-state index is 0.448. The summed E-state index contributed by atoms with van der Waals surface area (Å²) in [4.78, 5) is 15.5. The average Bonchev–Trinajstić information content (AvgIpc) is 2.41. The first-order valence-electron chi connectivity index (χ1n) is 6.02. The number of carboxylic acid groups (broad SMARTS) is 1. The molecule has 0 spiro atoms. The van der Waals surface area contributed by atoms with Gasteiger partial charge in [0.2, 0.25) is 0 Å². The Morgan fingerprint density at radius 2 is 1.89 bits per heavy atom. The smallest absolute Gasteiger partial charge is 0.307 e. The second kappa shape index (κ2) is 6.48. The number of pyridine rings is 1. The lowest BCUT2D eigenvalue weighted by molar-refractivity contribution is -0.141. The Bertz CT molecular complexity index is 540. The van der Waals surface area contributed by atoms with Crippen molar-refractivity contribution in [2.24, 2.45) is 5.92 Å². The van der Waals surface area contributed by atoms with Crippen LogP contribution in [0.4, 0.5) is 0 Å². The van der Waals surface area contributed by atoms with Gasteiger partial charge in [0.15, 0.2) is 0 Å². The number of carboxylic acids is 1. The highest BCUT2D eigenvalue weighted by molar-refractivity contribution is 9.10. The molecule has 1 N–H and O–H groups in total. The number of halogens is 1. The van der Waals surface area contributed by atoms with E-state index in [9.17, 15) is 9.90 Å². The van der Waals surface area contributed by atoms with Gasteiger partial charge in [-0.1, -0.05) is 34.1 Å². The first-order chi connectivity index (χ1) is 9.15. The molecule has 0 bridgehead atoms. The topological polar surface area (TPSA) is 50.2 Å². The monoisotopic (exact) mass is 319 g/mol. The molecule has 1 unspecified atom stereocenters. The van der Waals surface area contributed by atoms with Crippen LogP contribution in [0.3, 0.4) is 0 Å². The molecule has 0 saturated carbocycles. The average molecular weight is 320 g/mol. The summed E-state index contributed by atoms with van der Waals surface area (Å²) < 4.78 is 0.993. The molecule has 4 heteroatoms. The second-order valence-corrected chi connectivity index (χ2v) is 5.31. The summed E-state index contributed by atoms with van der Waals surface area (Å²) in [6, 6.07) is 13.3. The van der Waals surface area contributed by atoms with Crippen molar-refractivity contribution in [3.8, 4) is 0 Å². The Labute approximate surface area is 120 Å². The van der Waals surface area contributed by atoms with Gasteiger partial charge in [-0.15, -0.1) is 0 Å². The Morgan fingerprint density at radius 3 is 2.47 bits per heavy atom. The normalized spacial score (nSPS) is 12.1. The lowest BCUT2D eigenvalue weighted by Crippen LogP contribution is -2.19. The van der Waals surface area contributed by atoms with E-state index in [1.54, 1.807) is 6.20 Å². The van der Waals surface area contributed by atoms with Crippen LogP contribution < -0.4 is 0 Å². The maximum atomic E-state index is 11.3. The van der Waals surface area contributed by atoms with Gasteiger partial charge in [0.25, 0.3) is 0 Å². The maximum Gasteiger partial charge on any atom is 0.307 e. The fourth-order valence-corrected chi connectivity index (χ4v) is 2.19. The number of aliphatic carboxylic acids is 1. The highest BCUT2D eigenvalue weighted by Crippen LogP contribution is 2.16. The number of aromatic nitrogens is 1. The maximum absolute atomic E-state index is 11.3. The van der Waals surface area contributed by atoms with Gasteiger partial charge in [-0.25, -0.2) is 0 Å². The molecule has 0 radical (unpaired) electrons. The Morgan fingerprint density at radius 1 is 1.16 bits per heavy atom. The van der Waals surface area contributed by atoms with Gasteiger partial charge in [-0.05, 0) is 36.2 Å². The number of benzene rings is 1. The van der Waals surface area contributed by atoms with Crippen LogP contribution in [0.5, 0.6) is 0 Å². The van der Waals surface area contributed by atoms with Crippen molar-refractivity contribution in [2.75, 3.05) is 0 Å². The van der Waals surface area contributed by atoms with Crippen molar-refractivity contribution in [3.63, 3.8) is 0 Å². The minimum Gasteiger partial charge on any atom is -0.481 e. The van der Waals surface area contributed by atoms with Crippen LogP contribution >= 0.6 is 15.9 Å². The van der Waals surface area contributed by atoms with E-state index in [1.165, 1.54) is 0 Å². The standard InChI is InChI=1S/C15H14BrNO2/c16-13-6-4-11(5-7-13)9-12(15(18)19)10-14-3-1-2-8-17-14/h1-8,12H,9-10H2,(H,18,19). The largest absolute Gasteiger partial charge is 0.481 e. The van der Waals surface area contributed by atoms with Crippen LogP contribution in [0.15, 0.2) is 53.1 Å². The third-order valence-corrected chi connectivity index (χ3v) is 3.45. The van der Waals surface area contributed by atoms with E-state index in [1.807, 2.05) is 42.5 Å². The highest BCUT2D eigenvalue weighted by atomic mass is 79.9. The summed E-state index contributed by atoms with van der Waals surface area (Å²) in [5.41, 5.74) is 1.83. The van der Waals surface area contributed by atoms with Crippen molar-refractivity contribution >= 4 is 21.9 Å². The SMILES string of the molecule is O=C(O)C(Cc1ccc(Br)cc1)Cc1ccccn1. The number of hydrogen-bond donors (Lipinski definition) is 1. The van der Waals surface area contributed by atoms with E-state index in [2.05, 4.69) is 20.9 Å². The van der Waals surface area contributed by atoms with Crippen molar-refractivity contribution in [1.82, 2.24) is 4.98 Å². The lowest BCUT2D eigenvalue weighted by atomic mass is 9.95. The number of nitrogens with zero attached hydrogens (tertiary/aromatic N) is 1. The molecule has 0 fully saturated rings. The van der Waals surface area contributed by atoms with Gasteiger partial charge in [0.05, 0.1) is 5.92 Å². The predicted molar refractivity (Wildman–Crippen MR) is 76.9 cm³/mol. The molecule has 19 heavy (non-hydrogen) atoms. The molecule has 3 nitrogen and oxygen atoms in total. The van der Waals surface area contributed by atoms with Gasteiger partial charge in [0, 0.05) is 22.8 Å². The van der Waals surface area contributed by atoms with Gasteiger partial charge < -0.3 is 5.11 Å². The van der Waals surface area contributed by atoms with Gasteiger partial charge in [0.1, 0.15) is 0 Å². The Hall–Kier alpha value is -1.68. The quantitative estimate of drug-likeness (QED) is 0.919. The summed E-state index contributed by atoms with van der Waals surface area (Å²) in [6.45, 7) is 0. The van der Waals surface area contributed by atoms with Gasteiger partial charge >= 0.3 is 5.97 Å². The molecule has 2 aromatic rings. The molecule has 0 amide bonds. The van der Waals surface area contributed by atoms with Crippen LogP contribution in [0.25, 0.3) is 0 Å². The first-order valence-corrected chi connectivity index (χ1v) is 6.81. The minimum atomic E-state index is -0.784. The Balaban J connectivity index is 2.08. The van der Waals surface area contributed by atoms with Crippen LogP contribution in [0.2, 0.25) is 0 Å². The zero-order valence-electron chi connectivity index (χ0n) is 10.3. The van der Waals surface area contributed by atoms with Crippen LogP contribution in [-0.4, -0.2) is 16.1 Å². The molecule has 1 aromatic carbocycles. The molecule has 0 aliphatic carbocycles. The lowest BCUT2D eigenvalue weighted by Gasteiger charge is -2.12. The molecule has 0 aliphatic heterocycles. The molecule has 1 atom stereocenters. The molecule has 2 rings (SSSR count). The van der Waals surface area contributed by atoms with E-state index in [4.69, 9.17) is 0 Å². The van der Waals surface area contributed by atoms with E-state index >= 15 is 0 Å². The molecule has 0 saturated heterocycles. The van der Waals surface area contributed by atoms with Crippen LogP contribution in [0.1, 0.15) is 11.3 Å². The number of rotatable bonds is 5. The summed E-state index contributed by atoms with van der Waals surface area (Å²) >= 11 is 3.37. The zero-order chi connectivity index (χ0) is 13.7. The molecule has 0 aliphatic rings. The van der Waals surface area contributed by atoms with Gasteiger partial charge in [-0.3, -0.25) is 9.78 Å². The van der Waals surface area contributed by atoms with E-state index in [0.29, 0.717) is 12.8 Å². The van der Waals surface area contributed by atoms with Crippen molar-refractivity contribution in [3.05, 3.63) is 64.4 Å².